The van der Waals surface area contributed by atoms with Gasteiger partial charge in [0.1, 0.15) is 5.82 Å². The lowest BCUT2D eigenvalue weighted by molar-refractivity contribution is -0.131. The molecule has 0 radical (unpaired) electrons. The molecule has 0 bridgehead atoms. The SMILES string of the molecule is Cc1ccc(N[C@H]2CO[C@@]3(CCN(C(=O)CC4CC4)C3)C2)nn1. The summed E-state index contributed by atoms with van der Waals surface area (Å²) in [4.78, 5) is 14.3. The Balaban J connectivity index is 1.32. The zero-order valence-electron chi connectivity index (χ0n) is 13.6. The van der Waals surface area contributed by atoms with E-state index in [2.05, 4.69) is 15.5 Å². The van der Waals surface area contributed by atoms with E-state index in [0.29, 0.717) is 18.4 Å². The molecule has 3 fully saturated rings. The molecule has 2 aliphatic heterocycles. The highest BCUT2D eigenvalue weighted by Crippen LogP contribution is 2.38. The second kappa shape index (κ2) is 5.74. The second-order valence-corrected chi connectivity index (χ2v) is 7.31. The number of likely N-dealkylation sites (tertiary alicyclic amines) is 1. The van der Waals surface area contributed by atoms with Gasteiger partial charge in [-0.3, -0.25) is 4.79 Å². The molecule has 0 aromatic carbocycles. The Labute approximate surface area is 136 Å². The first kappa shape index (κ1) is 14.9. The average molecular weight is 316 g/mol. The quantitative estimate of drug-likeness (QED) is 0.917. The van der Waals surface area contributed by atoms with E-state index in [1.165, 1.54) is 12.8 Å². The molecule has 1 saturated carbocycles. The van der Waals surface area contributed by atoms with Crippen molar-refractivity contribution in [3.8, 4) is 0 Å². The van der Waals surface area contributed by atoms with E-state index in [1.54, 1.807) is 0 Å². The number of carbonyl (C=O) groups is 1. The van der Waals surface area contributed by atoms with Crippen LogP contribution in [0.2, 0.25) is 0 Å². The summed E-state index contributed by atoms with van der Waals surface area (Å²) in [5.74, 6) is 1.76. The topological polar surface area (TPSA) is 67.3 Å². The van der Waals surface area contributed by atoms with Crippen molar-refractivity contribution in [1.82, 2.24) is 15.1 Å². The van der Waals surface area contributed by atoms with Crippen molar-refractivity contribution >= 4 is 11.7 Å². The van der Waals surface area contributed by atoms with E-state index in [9.17, 15) is 4.79 Å². The van der Waals surface area contributed by atoms with Crippen LogP contribution in [0.5, 0.6) is 0 Å². The number of aryl methyl sites for hydroxylation is 1. The van der Waals surface area contributed by atoms with Crippen LogP contribution in [-0.4, -0.2) is 52.3 Å². The summed E-state index contributed by atoms with van der Waals surface area (Å²) in [5, 5.41) is 11.6. The van der Waals surface area contributed by atoms with Crippen LogP contribution in [0.15, 0.2) is 12.1 Å². The molecule has 6 heteroatoms. The average Bonchev–Trinajstić information content (AvgIpc) is 3.12. The maximum Gasteiger partial charge on any atom is 0.222 e. The van der Waals surface area contributed by atoms with Crippen molar-refractivity contribution < 1.29 is 9.53 Å². The number of hydrogen-bond acceptors (Lipinski definition) is 5. The van der Waals surface area contributed by atoms with Gasteiger partial charge < -0.3 is 15.0 Å². The summed E-state index contributed by atoms with van der Waals surface area (Å²) in [6, 6.07) is 4.15. The van der Waals surface area contributed by atoms with E-state index >= 15 is 0 Å². The Kier molecular flexibility index (Phi) is 3.71. The highest BCUT2D eigenvalue weighted by atomic mass is 16.5. The molecule has 124 valence electrons. The fourth-order valence-corrected chi connectivity index (χ4v) is 3.66. The minimum atomic E-state index is -0.158. The van der Waals surface area contributed by atoms with E-state index in [1.807, 2.05) is 24.0 Å². The van der Waals surface area contributed by atoms with Crippen molar-refractivity contribution in [2.75, 3.05) is 25.0 Å². The Morgan fingerprint density at radius 1 is 1.43 bits per heavy atom. The standard InChI is InChI=1S/C17H24N4O2/c1-12-2-5-15(20-19-12)18-14-9-17(23-10-14)6-7-21(11-17)16(22)8-13-3-4-13/h2,5,13-14H,3-4,6-11H2,1H3,(H,18,20)/t14-,17+/m1/s1. The van der Waals surface area contributed by atoms with Crippen molar-refractivity contribution in [3.05, 3.63) is 17.8 Å². The zero-order valence-corrected chi connectivity index (χ0v) is 13.6. The van der Waals surface area contributed by atoms with Crippen molar-refractivity contribution in [2.45, 2.75) is 50.7 Å². The van der Waals surface area contributed by atoms with Gasteiger partial charge in [0.2, 0.25) is 5.91 Å². The van der Waals surface area contributed by atoms with Crippen LogP contribution < -0.4 is 5.32 Å². The monoisotopic (exact) mass is 316 g/mol. The number of ether oxygens (including phenoxy) is 1. The summed E-state index contributed by atoms with van der Waals surface area (Å²) < 4.78 is 6.11. The molecule has 1 aromatic heterocycles. The van der Waals surface area contributed by atoms with Crippen LogP contribution in [0.3, 0.4) is 0 Å². The summed E-state index contributed by atoms with van der Waals surface area (Å²) in [7, 11) is 0. The molecular formula is C17H24N4O2. The number of rotatable bonds is 4. The van der Waals surface area contributed by atoms with Gasteiger partial charge in [-0.1, -0.05) is 0 Å². The fraction of sp³-hybridized carbons (Fsp3) is 0.706. The van der Waals surface area contributed by atoms with Crippen LogP contribution in [0, 0.1) is 12.8 Å². The van der Waals surface area contributed by atoms with Gasteiger partial charge in [-0.15, -0.1) is 5.10 Å². The summed E-state index contributed by atoms with van der Waals surface area (Å²) in [6.45, 7) is 4.18. The number of aromatic nitrogens is 2. The molecule has 23 heavy (non-hydrogen) atoms. The number of amides is 1. The van der Waals surface area contributed by atoms with Gasteiger partial charge >= 0.3 is 0 Å². The summed E-state index contributed by atoms with van der Waals surface area (Å²) in [6.07, 6.45) is 5.06. The normalized spacial score (nSPS) is 30.1. The Bertz CT molecular complexity index is 587. The smallest absolute Gasteiger partial charge is 0.222 e. The third-order valence-corrected chi connectivity index (χ3v) is 5.19. The van der Waals surface area contributed by atoms with Crippen LogP contribution in [0.25, 0.3) is 0 Å². The third kappa shape index (κ3) is 3.32. The lowest BCUT2D eigenvalue weighted by Gasteiger charge is -2.23. The highest BCUT2D eigenvalue weighted by Gasteiger charge is 2.47. The van der Waals surface area contributed by atoms with Gasteiger partial charge in [0, 0.05) is 25.9 Å². The van der Waals surface area contributed by atoms with E-state index in [-0.39, 0.29) is 11.6 Å². The first-order valence-corrected chi connectivity index (χ1v) is 8.61. The molecule has 1 aromatic rings. The second-order valence-electron chi connectivity index (χ2n) is 7.31. The van der Waals surface area contributed by atoms with E-state index < -0.39 is 0 Å². The van der Waals surface area contributed by atoms with Crippen LogP contribution in [-0.2, 0) is 9.53 Å². The molecule has 3 aliphatic rings. The number of carbonyl (C=O) groups excluding carboxylic acids is 1. The van der Waals surface area contributed by atoms with Gasteiger partial charge in [0.25, 0.3) is 0 Å². The number of hydrogen-bond donors (Lipinski definition) is 1. The maximum atomic E-state index is 12.3. The number of nitrogens with one attached hydrogen (secondary N) is 1. The highest BCUT2D eigenvalue weighted by molar-refractivity contribution is 5.77. The Morgan fingerprint density at radius 3 is 3.04 bits per heavy atom. The lowest BCUT2D eigenvalue weighted by Crippen LogP contribution is -2.36. The molecule has 0 unspecified atom stereocenters. The van der Waals surface area contributed by atoms with Crippen molar-refractivity contribution in [1.29, 1.82) is 0 Å². The number of anilines is 1. The lowest BCUT2D eigenvalue weighted by atomic mass is 9.97. The van der Waals surface area contributed by atoms with E-state index in [0.717, 1.165) is 43.9 Å². The molecule has 2 atom stereocenters. The first-order valence-electron chi connectivity index (χ1n) is 8.61. The first-order chi connectivity index (χ1) is 11.1. The van der Waals surface area contributed by atoms with Crippen LogP contribution in [0.1, 0.15) is 37.8 Å². The van der Waals surface area contributed by atoms with Gasteiger partial charge in [-0.2, -0.15) is 5.10 Å². The van der Waals surface area contributed by atoms with E-state index in [4.69, 9.17) is 4.74 Å². The largest absolute Gasteiger partial charge is 0.371 e. The molecule has 1 spiro atoms. The maximum absolute atomic E-state index is 12.3. The molecular weight excluding hydrogens is 292 g/mol. The third-order valence-electron chi connectivity index (χ3n) is 5.19. The molecule has 2 saturated heterocycles. The summed E-state index contributed by atoms with van der Waals surface area (Å²) >= 11 is 0. The van der Waals surface area contributed by atoms with Gasteiger partial charge in [0.05, 0.1) is 23.9 Å². The van der Waals surface area contributed by atoms with Crippen LogP contribution >= 0.6 is 0 Å². The Hall–Kier alpha value is -1.69. The minimum Gasteiger partial charge on any atom is -0.371 e. The van der Waals surface area contributed by atoms with Crippen molar-refractivity contribution in [2.24, 2.45) is 5.92 Å². The fourth-order valence-electron chi connectivity index (χ4n) is 3.66. The Morgan fingerprint density at radius 2 is 2.30 bits per heavy atom. The molecule has 1 N–H and O–H groups in total. The van der Waals surface area contributed by atoms with Crippen molar-refractivity contribution in [3.63, 3.8) is 0 Å². The van der Waals surface area contributed by atoms with Gasteiger partial charge in [0.15, 0.2) is 0 Å². The molecule has 1 aliphatic carbocycles. The molecule has 6 nitrogen and oxygen atoms in total. The van der Waals surface area contributed by atoms with Gasteiger partial charge in [-0.25, -0.2) is 0 Å². The molecule has 1 amide bonds. The van der Waals surface area contributed by atoms with Gasteiger partial charge in [-0.05, 0) is 44.2 Å². The zero-order chi connectivity index (χ0) is 15.9. The summed E-state index contributed by atoms with van der Waals surface area (Å²) in [5.41, 5.74) is 0.755. The predicted molar refractivity (Wildman–Crippen MR) is 86.0 cm³/mol. The van der Waals surface area contributed by atoms with Crippen LogP contribution in [0.4, 0.5) is 5.82 Å². The predicted octanol–water partition coefficient (Wildman–Crippen LogP) is 1.76. The number of nitrogens with zero attached hydrogens (tertiary/aromatic N) is 3. The molecule has 4 rings (SSSR count). The molecule has 3 heterocycles. The minimum absolute atomic E-state index is 0.158.